The van der Waals surface area contributed by atoms with Crippen molar-refractivity contribution >= 4 is 29.1 Å². The highest BCUT2D eigenvalue weighted by Gasteiger charge is 2.27. The van der Waals surface area contributed by atoms with Crippen LogP contribution in [0.15, 0.2) is 0 Å². The largest absolute Gasteiger partial charge is 0.383 e. The van der Waals surface area contributed by atoms with Crippen molar-refractivity contribution in [3.05, 3.63) is 0 Å². The van der Waals surface area contributed by atoms with Crippen LogP contribution in [-0.4, -0.2) is 42.1 Å². The number of thiocarbonyl (C=S) groups is 1. The first-order valence-electron chi connectivity index (χ1n) is 3.78. The molecule has 0 bridgehead atoms. The molecule has 6 heteroatoms. The quantitative estimate of drug-likeness (QED) is 0.484. The number of nitrogens with zero attached hydrogens (tertiary/aromatic N) is 1. The average molecular weight is 202 g/mol. The molecule has 0 aromatic carbocycles. The van der Waals surface area contributed by atoms with Crippen LogP contribution in [0.25, 0.3) is 0 Å². The standard InChI is InChI=1S/C7H10N2O3S/c1-12-3-2-9-6(11)4-5(10)8-7(9)13/h2-4H2,1H3,(H,8,10,13). The number of hydrogen-bond acceptors (Lipinski definition) is 4. The van der Waals surface area contributed by atoms with Crippen molar-refractivity contribution in [1.82, 2.24) is 10.2 Å². The van der Waals surface area contributed by atoms with Gasteiger partial charge in [-0.3, -0.25) is 14.5 Å². The van der Waals surface area contributed by atoms with Crippen LogP contribution in [0.4, 0.5) is 0 Å². The fourth-order valence-corrected chi connectivity index (χ4v) is 1.29. The minimum Gasteiger partial charge on any atom is -0.383 e. The number of ether oxygens (including phenoxy) is 1. The first-order valence-corrected chi connectivity index (χ1v) is 4.19. The fraction of sp³-hybridized carbons (Fsp3) is 0.571. The summed E-state index contributed by atoms with van der Waals surface area (Å²) in [6, 6.07) is 0. The molecule has 0 radical (unpaired) electrons. The smallest absolute Gasteiger partial charge is 0.238 e. The number of carbonyl (C=O) groups excluding carboxylic acids is 2. The van der Waals surface area contributed by atoms with Crippen LogP contribution in [-0.2, 0) is 14.3 Å². The lowest BCUT2D eigenvalue weighted by atomic mass is 10.3. The second kappa shape index (κ2) is 4.29. The predicted octanol–water partition coefficient (Wildman–Crippen LogP) is -0.734. The third kappa shape index (κ3) is 2.46. The van der Waals surface area contributed by atoms with E-state index in [0.717, 1.165) is 0 Å². The zero-order valence-corrected chi connectivity index (χ0v) is 8.02. The summed E-state index contributed by atoms with van der Waals surface area (Å²) in [4.78, 5) is 23.4. The molecule has 2 amide bonds. The van der Waals surface area contributed by atoms with Crippen molar-refractivity contribution in [2.24, 2.45) is 0 Å². The summed E-state index contributed by atoms with van der Waals surface area (Å²) in [6.45, 7) is 0.788. The summed E-state index contributed by atoms with van der Waals surface area (Å²) in [5, 5.41) is 2.58. The maximum atomic E-state index is 11.2. The Hall–Kier alpha value is -1.01. The zero-order valence-electron chi connectivity index (χ0n) is 7.20. The average Bonchev–Trinajstić information content (AvgIpc) is 2.02. The Morgan fingerprint density at radius 1 is 1.62 bits per heavy atom. The molecule has 0 saturated carbocycles. The van der Waals surface area contributed by atoms with Gasteiger partial charge in [0, 0.05) is 7.11 Å². The molecule has 0 unspecified atom stereocenters. The molecule has 5 nitrogen and oxygen atoms in total. The summed E-state index contributed by atoms with van der Waals surface area (Å²) in [5.74, 6) is -0.616. The summed E-state index contributed by atoms with van der Waals surface area (Å²) in [6.07, 6.45) is -0.135. The number of carbonyl (C=O) groups is 2. The number of hydrogen-bond donors (Lipinski definition) is 1. The molecule has 1 N–H and O–H groups in total. The molecule has 0 aromatic heterocycles. The van der Waals surface area contributed by atoms with E-state index in [1.807, 2.05) is 0 Å². The summed E-state index contributed by atoms with van der Waals surface area (Å²) < 4.78 is 4.80. The van der Waals surface area contributed by atoms with Crippen LogP contribution >= 0.6 is 12.2 Å². The van der Waals surface area contributed by atoms with Gasteiger partial charge in [0.1, 0.15) is 6.42 Å². The van der Waals surface area contributed by atoms with E-state index in [-0.39, 0.29) is 23.3 Å². The number of rotatable bonds is 3. The van der Waals surface area contributed by atoms with Crippen LogP contribution in [0.5, 0.6) is 0 Å². The second-order valence-electron chi connectivity index (χ2n) is 2.57. The Morgan fingerprint density at radius 3 is 2.85 bits per heavy atom. The van der Waals surface area contributed by atoms with E-state index in [0.29, 0.717) is 13.2 Å². The van der Waals surface area contributed by atoms with Gasteiger partial charge in [0.15, 0.2) is 5.11 Å². The van der Waals surface area contributed by atoms with Crippen molar-refractivity contribution < 1.29 is 14.3 Å². The molecule has 0 aromatic rings. The zero-order chi connectivity index (χ0) is 9.84. The molecular formula is C7H10N2O3S. The third-order valence-electron chi connectivity index (χ3n) is 1.62. The molecule has 1 heterocycles. The Balaban J connectivity index is 2.56. The van der Waals surface area contributed by atoms with Gasteiger partial charge in [0.2, 0.25) is 11.8 Å². The monoisotopic (exact) mass is 202 g/mol. The van der Waals surface area contributed by atoms with Crippen LogP contribution in [0.2, 0.25) is 0 Å². The molecule has 0 spiro atoms. The minimum absolute atomic E-state index is 0.135. The van der Waals surface area contributed by atoms with E-state index in [4.69, 9.17) is 17.0 Å². The van der Waals surface area contributed by atoms with E-state index < -0.39 is 0 Å². The highest BCUT2D eigenvalue weighted by atomic mass is 32.1. The van der Waals surface area contributed by atoms with Crippen LogP contribution < -0.4 is 5.32 Å². The number of methoxy groups -OCH3 is 1. The van der Waals surface area contributed by atoms with Crippen molar-refractivity contribution in [3.8, 4) is 0 Å². The van der Waals surface area contributed by atoms with Gasteiger partial charge in [-0.15, -0.1) is 0 Å². The van der Waals surface area contributed by atoms with Crippen molar-refractivity contribution in [2.45, 2.75) is 6.42 Å². The molecule has 72 valence electrons. The van der Waals surface area contributed by atoms with E-state index in [1.165, 1.54) is 12.0 Å². The second-order valence-corrected chi connectivity index (χ2v) is 2.95. The Labute approximate surface area is 81.0 Å². The maximum Gasteiger partial charge on any atom is 0.238 e. The van der Waals surface area contributed by atoms with Crippen molar-refractivity contribution in [1.29, 1.82) is 0 Å². The van der Waals surface area contributed by atoms with E-state index in [1.54, 1.807) is 0 Å². The van der Waals surface area contributed by atoms with Gasteiger partial charge in [0.25, 0.3) is 0 Å². The summed E-state index contributed by atoms with van der Waals surface area (Å²) in [7, 11) is 1.54. The van der Waals surface area contributed by atoms with Gasteiger partial charge in [-0.2, -0.15) is 0 Å². The van der Waals surface area contributed by atoms with Gasteiger partial charge in [-0.25, -0.2) is 0 Å². The van der Waals surface area contributed by atoms with Gasteiger partial charge in [-0.1, -0.05) is 0 Å². The highest BCUT2D eigenvalue weighted by molar-refractivity contribution is 7.80. The molecule has 0 atom stereocenters. The Morgan fingerprint density at radius 2 is 2.31 bits per heavy atom. The van der Waals surface area contributed by atoms with E-state index in [2.05, 4.69) is 5.32 Å². The van der Waals surface area contributed by atoms with Gasteiger partial charge < -0.3 is 10.1 Å². The van der Waals surface area contributed by atoms with Crippen molar-refractivity contribution in [3.63, 3.8) is 0 Å². The normalized spacial score (nSPS) is 17.6. The van der Waals surface area contributed by atoms with Gasteiger partial charge in [0.05, 0.1) is 13.2 Å². The van der Waals surface area contributed by atoms with Crippen molar-refractivity contribution in [2.75, 3.05) is 20.3 Å². The van der Waals surface area contributed by atoms with Crippen LogP contribution in [0, 0.1) is 0 Å². The fourth-order valence-electron chi connectivity index (χ4n) is 0.986. The first kappa shape index (κ1) is 10.1. The lowest BCUT2D eigenvalue weighted by molar-refractivity contribution is -0.135. The highest BCUT2D eigenvalue weighted by Crippen LogP contribution is 2.02. The number of nitrogens with one attached hydrogen (secondary N) is 1. The predicted molar refractivity (Wildman–Crippen MR) is 48.9 cm³/mol. The summed E-state index contributed by atoms with van der Waals surface area (Å²) in [5.41, 5.74) is 0. The lowest BCUT2D eigenvalue weighted by Crippen LogP contribution is -2.53. The van der Waals surface area contributed by atoms with Gasteiger partial charge >= 0.3 is 0 Å². The first-order chi connectivity index (χ1) is 6.15. The molecule has 1 aliphatic rings. The Kier molecular flexibility index (Phi) is 3.32. The SMILES string of the molecule is COCCN1C(=O)CC(=O)NC1=S. The molecule has 1 fully saturated rings. The molecule has 1 saturated heterocycles. The van der Waals surface area contributed by atoms with Gasteiger partial charge in [-0.05, 0) is 12.2 Å². The molecule has 13 heavy (non-hydrogen) atoms. The number of amides is 2. The molecular weight excluding hydrogens is 192 g/mol. The maximum absolute atomic E-state index is 11.2. The lowest BCUT2D eigenvalue weighted by Gasteiger charge is -2.26. The molecule has 1 aliphatic heterocycles. The van der Waals surface area contributed by atoms with E-state index >= 15 is 0 Å². The molecule has 1 rings (SSSR count). The third-order valence-corrected chi connectivity index (χ3v) is 1.95. The summed E-state index contributed by atoms with van der Waals surface area (Å²) >= 11 is 4.81. The van der Waals surface area contributed by atoms with E-state index in [9.17, 15) is 9.59 Å². The van der Waals surface area contributed by atoms with Crippen LogP contribution in [0.3, 0.4) is 0 Å². The Bertz CT molecular complexity index is 234. The minimum atomic E-state index is -0.344. The van der Waals surface area contributed by atoms with Crippen LogP contribution in [0.1, 0.15) is 6.42 Å². The topological polar surface area (TPSA) is 58.6 Å². The molecule has 0 aliphatic carbocycles.